The summed E-state index contributed by atoms with van der Waals surface area (Å²) in [5.41, 5.74) is 0. The predicted octanol–water partition coefficient (Wildman–Crippen LogP) is 2.83. The molecule has 0 spiro atoms. The molecule has 0 unspecified atom stereocenters. The van der Waals surface area contributed by atoms with Crippen LogP contribution in [0, 0.1) is 11.8 Å². The molecule has 1 aliphatic rings. The van der Waals surface area contributed by atoms with Gasteiger partial charge in [-0.3, -0.25) is 0 Å². The highest BCUT2D eigenvalue weighted by Gasteiger charge is 2.17. The standard InChI is InChI=1S/C8H16/c1-7(2)8-5-3-4-6-8/h7-8H,3-6H2,1-2H3/i8D. The zero-order chi connectivity index (χ0) is 6.91. The third kappa shape index (κ3) is 1.24. The van der Waals surface area contributed by atoms with Crippen molar-refractivity contribution < 1.29 is 1.37 Å². The van der Waals surface area contributed by atoms with E-state index in [1.165, 1.54) is 12.8 Å². The van der Waals surface area contributed by atoms with Crippen LogP contribution < -0.4 is 0 Å². The minimum Gasteiger partial charge on any atom is -0.0625 e. The highest BCUT2D eigenvalue weighted by Crippen LogP contribution is 2.30. The van der Waals surface area contributed by atoms with Crippen molar-refractivity contribution >= 4 is 0 Å². The Bertz CT molecular complexity index is 90.7. The first kappa shape index (κ1) is 4.84. The molecule has 1 rings (SSSR count). The first-order valence-corrected chi connectivity index (χ1v) is 3.65. The summed E-state index contributed by atoms with van der Waals surface area (Å²) in [6.07, 6.45) is 4.82. The van der Waals surface area contributed by atoms with Gasteiger partial charge in [0.15, 0.2) is 0 Å². The van der Waals surface area contributed by atoms with Gasteiger partial charge in [0.2, 0.25) is 0 Å². The van der Waals surface area contributed by atoms with Gasteiger partial charge in [-0.25, -0.2) is 0 Å². The second-order valence-corrected chi connectivity index (χ2v) is 3.02. The van der Waals surface area contributed by atoms with Gasteiger partial charge < -0.3 is 0 Å². The summed E-state index contributed by atoms with van der Waals surface area (Å²) < 4.78 is 7.94. The maximum atomic E-state index is 7.94. The maximum absolute atomic E-state index is 7.94. The Morgan fingerprint density at radius 3 is 2.12 bits per heavy atom. The largest absolute Gasteiger partial charge is 0.0625 e. The molecular formula is C8H16. The summed E-state index contributed by atoms with van der Waals surface area (Å²) in [4.78, 5) is 0. The van der Waals surface area contributed by atoms with E-state index in [0.29, 0.717) is 5.92 Å². The Hall–Kier alpha value is 0. The summed E-state index contributed by atoms with van der Waals surface area (Å²) in [5, 5.41) is 0. The van der Waals surface area contributed by atoms with Crippen LogP contribution in [0.15, 0.2) is 0 Å². The predicted molar refractivity (Wildman–Crippen MR) is 36.8 cm³/mol. The van der Waals surface area contributed by atoms with E-state index in [0.717, 1.165) is 12.8 Å². The van der Waals surface area contributed by atoms with E-state index in [1.54, 1.807) is 0 Å². The van der Waals surface area contributed by atoms with E-state index in [1.807, 2.05) is 0 Å². The average molecular weight is 113 g/mol. The van der Waals surface area contributed by atoms with Gasteiger partial charge in [0.25, 0.3) is 0 Å². The van der Waals surface area contributed by atoms with Crippen LogP contribution in [-0.4, -0.2) is 0 Å². The maximum Gasteiger partial charge on any atom is 0.0305 e. The van der Waals surface area contributed by atoms with Crippen LogP contribution >= 0.6 is 0 Å². The van der Waals surface area contributed by atoms with Crippen molar-refractivity contribution in [3.05, 3.63) is 0 Å². The third-order valence-electron chi connectivity index (χ3n) is 2.06. The number of hydrogen-bond acceptors (Lipinski definition) is 0. The van der Waals surface area contributed by atoms with Gasteiger partial charge in [-0.2, -0.15) is 0 Å². The fraction of sp³-hybridized carbons (Fsp3) is 1.00. The molecule has 0 heterocycles. The minimum atomic E-state index is -0.0556. The number of hydrogen-bond donors (Lipinski definition) is 0. The lowest BCUT2D eigenvalue weighted by atomic mass is 9.95. The van der Waals surface area contributed by atoms with Crippen LogP contribution in [0.2, 0.25) is 0 Å². The summed E-state index contributed by atoms with van der Waals surface area (Å²) in [6.45, 7) is 4.33. The van der Waals surface area contributed by atoms with Crippen LogP contribution in [0.5, 0.6) is 0 Å². The fourth-order valence-electron chi connectivity index (χ4n) is 1.41. The second-order valence-electron chi connectivity index (χ2n) is 3.02. The van der Waals surface area contributed by atoms with Crippen molar-refractivity contribution in [1.82, 2.24) is 0 Å². The van der Waals surface area contributed by atoms with E-state index in [2.05, 4.69) is 13.8 Å². The van der Waals surface area contributed by atoms with Crippen LogP contribution in [0.25, 0.3) is 0 Å². The molecular weight excluding hydrogens is 96.1 g/mol. The lowest BCUT2D eigenvalue weighted by Gasteiger charge is -2.11. The van der Waals surface area contributed by atoms with Gasteiger partial charge in [0, 0.05) is 1.37 Å². The SMILES string of the molecule is [2H]C1(C(C)C)CCCC1. The molecule has 0 atom stereocenters. The van der Waals surface area contributed by atoms with Gasteiger partial charge in [0.1, 0.15) is 0 Å². The normalized spacial score (nSPS) is 28.6. The molecule has 0 aromatic carbocycles. The Kier molecular flexibility index (Phi) is 1.52. The van der Waals surface area contributed by atoms with Gasteiger partial charge in [-0.05, 0) is 11.8 Å². The lowest BCUT2D eigenvalue weighted by molar-refractivity contribution is 0.396. The molecule has 0 aromatic heterocycles. The Balaban J connectivity index is 2.51. The fourth-order valence-corrected chi connectivity index (χ4v) is 1.41. The molecule has 1 fully saturated rings. The molecule has 0 amide bonds. The highest BCUT2D eigenvalue weighted by atomic mass is 14.2. The molecule has 48 valence electrons. The van der Waals surface area contributed by atoms with Gasteiger partial charge in [-0.15, -0.1) is 0 Å². The second kappa shape index (κ2) is 2.52. The molecule has 1 aliphatic carbocycles. The summed E-state index contributed by atoms with van der Waals surface area (Å²) in [7, 11) is 0. The highest BCUT2D eigenvalue weighted by molar-refractivity contribution is 4.69. The van der Waals surface area contributed by atoms with Gasteiger partial charge >= 0.3 is 0 Å². The van der Waals surface area contributed by atoms with E-state index >= 15 is 0 Å². The average Bonchev–Trinajstić information content (AvgIpc) is 2.16. The monoisotopic (exact) mass is 113 g/mol. The Morgan fingerprint density at radius 2 is 1.88 bits per heavy atom. The van der Waals surface area contributed by atoms with E-state index < -0.39 is 0 Å². The molecule has 0 nitrogen and oxygen atoms in total. The van der Waals surface area contributed by atoms with Crippen molar-refractivity contribution in [2.75, 3.05) is 0 Å². The first-order valence-electron chi connectivity index (χ1n) is 4.15. The van der Waals surface area contributed by atoms with Gasteiger partial charge in [-0.1, -0.05) is 39.5 Å². The summed E-state index contributed by atoms with van der Waals surface area (Å²) in [6, 6.07) is 0. The molecule has 0 radical (unpaired) electrons. The summed E-state index contributed by atoms with van der Waals surface area (Å²) >= 11 is 0. The first-order chi connectivity index (χ1) is 4.15. The molecule has 0 aromatic rings. The zero-order valence-corrected chi connectivity index (χ0v) is 5.91. The van der Waals surface area contributed by atoms with E-state index in [4.69, 9.17) is 1.37 Å². The Labute approximate surface area is 53.7 Å². The molecule has 0 saturated heterocycles. The van der Waals surface area contributed by atoms with Crippen molar-refractivity contribution in [3.8, 4) is 0 Å². The topological polar surface area (TPSA) is 0 Å². The molecule has 0 heteroatoms. The molecule has 0 N–H and O–H groups in total. The van der Waals surface area contributed by atoms with Crippen LogP contribution in [0.3, 0.4) is 0 Å². The van der Waals surface area contributed by atoms with Crippen LogP contribution in [0.4, 0.5) is 0 Å². The van der Waals surface area contributed by atoms with Crippen LogP contribution in [0.1, 0.15) is 40.9 Å². The van der Waals surface area contributed by atoms with Crippen molar-refractivity contribution in [3.63, 3.8) is 0 Å². The van der Waals surface area contributed by atoms with Crippen LogP contribution in [-0.2, 0) is 0 Å². The zero-order valence-electron chi connectivity index (χ0n) is 6.91. The molecule has 0 bridgehead atoms. The van der Waals surface area contributed by atoms with E-state index in [9.17, 15) is 0 Å². The Morgan fingerprint density at radius 1 is 1.38 bits per heavy atom. The van der Waals surface area contributed by atoms with Crippen molar-refractivity contribution in [2.24, 2.45) is 11.8 Å². The van der Waals surface area contributed by atoms with Crippen molar-refractivity contribution in [2.45, 2.75) is 39.5 Å². The van der Waals surface area contributed by atoms with Crippen molar-refractivity contribution in [1.29, 1.82) is 0 Å². The minimum absolute atomic E-state index is 0.0556. The van der Waals surface area contributed by atoms with E-state index in [-0.39, 0.29) is 5.89 Å². The lowest BCUT2D eigenvalue weighted by Crippen LogP contribution is -2.01. The summed E-state index contributed by atoms with van der Waals surface area (Å²) in [5.74, 6) is 0.500. The van der Waals surface area contributed by atoms with Gasteiger partial charge in [0.05, 0.1) is 0 Å². The molecule has 8 heavy (non-hydrogen) atoms. The smallest absolute Gasteiger partial charge is 0.0305 e. The number of rotatable bonds is 1. The third-order valence-corrected chi connectivity index (χ3v) is 2.06. The molecule has 1 saturated carbocycles. The quantitative estimate of drug-likeness (QED) is 0.490. The molecule has 0 aliphatic heterocycles.